The Morgan fingerprint density at radius 1 is 1.20 bits per heavy atom. The van der Waals surface area contributed by atoms with Gasteiger partial charge < -0.3 is 14.9 Å². The van der Waals surface area contributed by atoms with E-state index in [1.165, 1.54) is 25.7 Å². The highest BCUT2D eigenvalue weighted by molar-refractivity contribution is 5.92. The topological polar surface area (TPSA) is 66.8 Å². The molecule has 0 radical (unpaired) electrons. The SMILES string of the molecule is CCC(C)CCCCCC[C@@H](O)C1=C(C)C(O)OC1=O. The number of carbonyl (C=O) groups excluding carboxylic acids is 1. The summed E-state index contributed by atoms with van der Waals surface area (Å²) < 4.78 is 4.67. The lowest BCUT2D eigenvalue weighted by Crippen LogP contribution is -2.16. The Morgan fingerprint density at radius 3 is 2.30 bits per heavy atom. The highest BCUT2D eigenvalue weighted by atomic mass is 16.6. The van der Waals surface area contributed by atoms with Gasteiger partial charge in [-0.2, -0.15) is 0 Å². The fourth-order valence-corrected chi connectivity index (χ4v) is 2.48. The van der Waals surface area contributed by atoms with E-state index >= 15 is 0 Å². The van der Waals surface area contributed by atoms with E-state index in [2.05, 4.69) is 18.6 Å². The molecule has 0 bridgehead atoms. The zero-order chi connectivity index (χ0) is 15.1. The number of hydrogen-bond acceptors (Lipinski definition) is 4. The number of ether oxygens (including phenoxy) is 1. The van der Waals surface area contributed by atoms with Crippen LogP contribution in [-0.2, 0) is 9.53 Å². The van der Waals surface area contributed by atoms with Gasteiger partial charge in [0.1, 0.15) is 0 Å². The zero-order valence-electron chi connectivity index (χ0n) is 12.9. The van der Waals surface area contributed by atoms with Crippen LogP contribution in [0.5, 0.6) is 0 Å². The van der Waals surface area contributed by atoms with Crippen LogP contribution in [0, 0.1) is 5.92 Å². The minimum Gasteiger partial charge on any atom is -0.428 e. The molecule has 0 aromatic rings. The molecule has 0 spiro atoms. The molecule has 2 unspecified atom stereocenters. The Kier molecular flexibility index (Phi) is 7.24. The predicted octanol–water partition coefficient (Wildman–Crippen LogP) is 2.93. The number of aliphatic hydroxyl groups excluding tert-OH is 2. The number of esters is 1. The molecule has 1 heterocycles. The molecule has 0 amide bonds. The summed E-state index contributed by atoms with van der Waals surface area (Å²) >= 11 is 0. The number of hydrogen-bond donors (Lipinski definition) is 2. The van der Waals surface area contributed by atoms with Gasteiger partial charge in [-0.05, 0) is 19.3 Å². The highest BCUT2D eigenvalue weighted by Gasteiger charge is 2.33. The van der Waals surface area contributed by atoms with Crippen molar-refractivity contribution in [1.82, 2.24) is 0 Å². The molecule has 20 heavy (non-hydrogen) atoms. The molecule has 3 atom stereocenters. The van der Waals surface area contributed by atoms with E-state index in [-0.39, 0.29) is 5.57 Å². The second-order valence-corrected chi connectivity index (χ2v) is 5.88. The van der Waals surface area contributed by atoms with E-state index < -0.39 is 18.4 Å². The molecule has 0 fully saturated rings. The van der Waals surface area contributed by atoms with Crippen molar-refractivity contribution >= 4 is 5.97 Å². The molecule has 1 aliphatic heterocycles. The molecule has 0 saturated heterocycles. The van der Waals surface area contributed by atoms with Crippen LogP contribution in [0.3, 0.4) is 0 Å². The van der Waals surface area contributed by atoms with Crippen LogP contribution in [0.15, 0.2) is 11.1 Å². The number of unbranched alkanes of at least 4 members (excludes halogenated alkanes) is 3. The van der Waals surface area contributed by atoms with Gasteiger partial charge in [0.15, 0.2) is 0 Å². The first kappa shape index (κ1) is 17.2. The second kappa shape index (κ2) is 8.42. The van der Waals surface area contributed by atoms with Crippen molar-refractivity contribution in [2.24, 2.45) is 5.92 Å². The number of rotatable bonds is 9. The lowest BCUT2D eigenvalue weighted by molar-refractivity contribution is -0.152. The van der Waals surface area contributed by atoms with Crippen molar-refractivity contribution in [1.29, 1.82) is 0 Å². The van der Waals surface area contributed by atoms with Gasteiger partial charge in [0, 0.05) is 5.57 Å². The van der Waals surface area contributed by atoms with Gasteiger partial charge in [-0.25, -0.2) is 4.79 Å². The molecular formula is C16H28O4. The first-order valence-corrected chi connectivity index (χ1v) is 7.75. The largest absolute Gasteiger partial charge is 0.428 e. The van der Waals surface area contributed by atoms with E-state index in [1.54, 1.807) is 6.92 Å². The first-order valence-electron chi connectivity index (χ1n) is 7.75. The third kappa shape index (κ3) is 4.91. The van der Waals surface area contributed by atoms with E-state index in [9.17, 15) is 15.0 Å². The third-order valence-electron chi connectivity index (χ3n) is 4.19. The maximum absolute atomic E-state index is 11.5. The van der Waals surface area contributed by atoms with Gasteiger partial charge in [0.2, 0.25) is 6.29 Å². The molecule has 0 aliphatic carbocycles. The van der Waals surface area contributed by atoms with Gasteiger partial charge in [-0.15, -0.1) is 0 Å². The molecule has 0 aromatic heterocycles. The molecule has 4 nitrogen and oxygen atoms in total. The van der Waals surface area contributed by atoms with Gasteiger partial charge >= 0.3 is 5.97 Å². The Morgan fingerprint density at radius 2 is 1.80 bits per heavy atom. The Labute approximate surface area is 121 Å². The van der Waals surface area contributed by atoms with E-state index in [0.717, 1.165) is 18.8 Å². The van der Waals surface area contributed by atoms with Crippen molar-refractivity contribution in [3.8, 4) is 0 Å². The molecule has 0 saturated carbocycles. The summed E-state index contributed by atoms with van der Waals surface area (Å²) in [5.74, 6) is 0.211. The molecule has 2 N–H and O–H groups in total. The van der Waals surface area contributed by atoms with E-state index in [4.69, 9.17) is 0 Å². The molecule has 1 aliphatic rings. The van der Waals surface area contributed by atoms with Crippen molar-refractivity contribution < 1.29 is 19.7 Å². The van der Waals surface area contributed by atoms with Gasteiger partial charge in [-0.1, -0.05) is 52.4 Å². The maximum atomic E-state index is 11.5. The maximum Gasteiger partial charge on any atom is 0.339 e. The van der Waals surface area contributed by atoms with E-state index in [0.29, 0.717) is 12.0 Å². The fraction of sp³-hybridized carbons (Fsp3) is 0.812. The average Bonchev–Trinajstić information content (AvgIpc) is 2.66. The minimum atomic E-state index is -1.18. The fourth-order valence-electron chi connectivity index (χ4n) is 2.48. The monoisotopic (exact) mass is 284 g/mol. The highest BCUT2D eigenvalue weighted by Crippen LogP contribution is 2.26. The summed E-state index contributed by atoms with van der Waals surface area (Å²) in [6, 6.07) is 0. The number of carbonyl (C=O) groups is 1. The number of cyclic esters (lactones) is 1. The second-order valence-electron chi connectivity index (χ2n) is 5.88. The van der Waals surface area contributed by atoms with Gasteiger partial charge in [0.05, 0.1) is 11.7 Å². The lowest BCUT2D eigenvalue weighted by atomic mass is 9.97. The van der Waals surface area contributed by atoms with Crippen molar-refractivity contribution in [3.63, 3.8) is 0 Å². The first-order chi connectivity index (χ1) is 9.47. The summed E-state index contributed by atoms with van der Waals surface area (Å²) in [6.45, 7) is 6.11. The van der Waals surface area contributed by atoms with Crippen LogP contribution in [0.2, 0.25) is 0 Å². The van der Waals surface area contributed by atoms with Gasteiger partial charge in [0.25, 0.3) is 0 Å². The molecular weight excluding hydrogens is 256 g/mol. The van der Waals surface area contributed by atoms with Crippen LogP contribution in [0.25, 0.3) is 0 Å². The third-order valence-corrected chi connectivity index (χ3v) is 4.19. The van der Waals surface area contributed by atoms with Crippen LogP contribution in [0.4, 0.5) is 0 Å². The van der Waals surface area contributed by atoms with Crippen molar-refractivity contribution in [2.75, 3.05) is 0 Å². The average molecular weight is 284 g/mol. The lowest BCUT2D eigenvalue weighted by Gasteiger charge is -2.11. The Balaban J connectivity index is 2.21. The number of aliphatic hydroxyl groups is 2. The van der Waals surface area contributed by atoms with Crippen LogP contribution in [0.1, 0.15) is 65.7 Å². The summed E-state index contributed by atoms with van der Waals surface area (Å²) in [5.41, 5.74) is 0.691. The standard InChI is InChI=1S/C16H28O4/c1-4-11(2)9-7-5-6-8-10-13(17)14-12(3)15(18)20-16(14)19/h11,13,15,17-18H,4-10H2,1-3H3/t11?,13-,15?/m1/s1. The minimum absolute atomic E-state index is 0.247. The van der Waals surface area contributed by atoms with Crippen molar-refractivity contribution in [3.05, 3.63) is 11.1 Å². The van der Waals surface area contributed by atoms with Gasteiger partial charge in [-0.3, -0.25) is 0 Å². The Bertz CT molecular complexity index is 348. The summed E-state index contributed by atoms with van der Waals surface area (Å²) in [6.07, 6.45) is 5.42. The molecule has 0 aromatic carbocycles. The van der Waals surface area contributed by atoms with Crippen LogP contribution in [-0.4, -0.2) is 28.6 Å². The molecule has 116 valence electrons. The summed E-state index contributed by atoms with van der Waals surface area (Å²) in [5, 5.41) is 19.4. The van der Waals surface area contributed by atoms with Crippen molar-refractivity contribution in [2.45, 2.75) is 78.1 Å². The smallest absolute Gasteiger partial charge is 0.339 e. The van der Waals surface area contributed by atoms with Crippen LogP contribution < -0.4 is 0 Å². The normalized spacial score (nSPS) is 22.1. The summed E-state index contributed by atoms with van der Waals surface area (Å²) in [7, 11) is 0. The quantitative estimate of drug-likeness (QED) is 0.504. The molecule has 4 heteroatoms. The zero-order valence-corrected chi connectivity index (χ0v) is 12.9. The van der Waals surface area contributed by atoms with E-state index in [1.807, 2.05) is 0 Å². The summed E-state index contributed by atoms with van der Waals surface area (Å²) in [4.78, 5) is 11.5. The van der Waals surface area contributed by atoms with Crippen LogP contribution >= 0.6 is 0 Å². The molecule has 1 rings (SSSR count). The Hall–Kier alpha value is -0.870. The predicted molar refractivity (Wildman–Crippen MR) is 78.0 cm³/mol.